The van der Waals surface area contributed by atoms with Gasteiger partial charge < -0.3 is 0 Å². The van der Waals surface area contributed by atoms with Crippen molar-refractivity contribution in [3.05, 3.63) is 74.7 Å². The predicted octanol–water partition coefficient (Wildman–Crippen LogP) is 5.04. The summed E-state index contributed by atoms with van der Waals surface area (Å²) in [6.45, 7) is 0. The molecule has 0 N–H and O–H groups in total. The van der Waals surface area contributed by atoms with Gasteiger partial charge in [0.05, 0.1) is 11.3 Å². The van der Waals surface area contributed by atoms with Crippen LogP contribution in [0.15, 0.2) is 53.1 Å². The molecule has 5 nitrogen and oxygen atoms in total. The highest BCUT2D eigenvalue weighted by atomic mass is 35.5. The summed E-state index contributed by atoms with van der Waals surface area (Å²) in [5.74, 6) is 1.61. The van der Waals surface area contributed by atoms with Gasteiger partial charge in [0.1, 0.15) is 0 Å². The molecule has 1 aromatic carbocycles. The van der Waals surface area contributed by atoms with Crippen LogP contribution in [-0.4, -0.2) is 25.4 Å². The van der Waals surface area contributed by atoms with Crippen LogP contribution in [0.2, 0.25) is 5.02 Å². The highest BCUT2D eigenvalue weighted by Crippen LogP contribution is 2.34. The van der Waals surface area contributed by atoms with E-state index in [9.17, 15) is 4.79 Å². The van der Waals surface area contributed by atoms with Crippen LogP contribution in [0.5, 0.6) is 0 Å². The lowest BCUT2D eigenvalue weighted by Gasteiger charge is -2.21. The number of thiophene rings is 1. The van der Waals surface area contributed by atoms with Gasteiger partial charge in [0.15, 0.2) is 5.78 Å². The van der Waals surface area contributed by atoms with Crippen molar-refractivity contribution >= 4 is 46.3 Å². The Labute approximate surface area is 174 Å². The van der Waals surface area contributed by atoms with E-state index in [0.29, 0.717) is 22.9 Å². The van der Waals surface area contributed by atoms with Crippen LogP contribution in [-0.2, 0) is 12.2 Å². The third-order valence-corrected chi connectivity index (χ3v) is 6.99. The van der Waals surface area contributed by atoms with Crippen LogP contribution in [0.25, 0.3) is 5.78 Å². The van der Waals surface area contributed by atoms with Crippen molar-refractivity contribution < 1.29 is 4.79 Å². The van der Waals surface area contributed by atoms with Gasteiger partial charge >= 0.3 is 0 Å². The van der Waals surface area contributed by atoms with Crippen molar-refractivity contribution in [1.29, 1.82) is 0 Å². The van der Waals surface area contributed by atoms with Crippen molar-refractivity contribution in [2.75, 3.05) is 0 Å². The Kier molecular flexibility index (Phi) is 4.66. The minimum atomic E-state index is 0.125. The maximum atomic E-state index is 12.7. The number of fused-ring (bicyclic) bond motifs is 2. The molecule has 0 bridgehead atoms. The summed E-state index contributed by atoms with van der Waals surface area (Å²) in [5.41, 5.74) is 2.64. The van der Waals surface area contributed by atoms with Gasteiger partial charge in [-0.25, -0.2) is 9.50 Å². The van der Waals surface area contributed by atoms with Gasteiger partial charge in [0, 0.05) is 34.2 Å². The van der Waals surface area contributed by atoms with Crippen molar-refractivity contribution in [1.82, 2.24) is 19.6 Å². The predicted molar refractivity (Wildman–Crippen MR) is 112 cm³/mol. The van der Waals surface area contributed by atoms with Crippen molar-refractivity contribution in [3.8, 4) is 0 Å². The molecule has 0 radical (unpaired) electrons. The number of carbonyl (C=O) groups is 1. The van der Waals surface area contributed by atoms with Crippen LogP contribution in [0.4, 0.5) is 0 Å². The highest BCUT2D eigenvalue weighted by molar-refractivity contribution is 7.98. The smallest absolute Gasteiger partial charge is 0.253 e. The van der Waals surface area contributed by atoms with E-state index in [1.807, 2.05) is 30.3 Å². The molecule has 1 unspecified atom stereocenters. The molecule has 0 amide bonds. The molecule has 140 valence electrons. The first-order chi connectivity index (χ1) is 13.7. The fourth-order valence-corrected chi connectivity index (χ4v) is 5.12. The van der Waals surface area contributed by atoms with Crippen molar-refractivity contribution in [2.45, 2.75) is 29.7 Å². The standard InChI is InChI=1S/C20H15ClN4OS2/c21-14-5-3-12(4-6-14)11-28-20-23-19-22-16-8-13(18-2-1-7-27-18)9-17(26)15(16)10-25(19)24-20/h1-7,10,13H,8-9,11H2. The maximum absolute atomic E-state index is 12.7. The molecule has 0 saturated carbocycles. The molecule has 1 atom stereocenters. The molecule has 4 aromatic rings. The minimum absolute atomic E-state index is 0.125. The number of ketones is 1. The second-order valence-electron chi connectivity index (χ2n) is 6.70. The molecular weight excluding hydrogens is 412 g/mol. The van der Waals surface area contributed by atoms with E-state index in [-0.39, 0.29) is 11.7 Å². The van der Waals surface area contributed by atoms with Gasteiger partial charge in [-0.2, -0.15) is 4.98 Å². The van der Waals surface area contributed by atoms with E-state index in [1.54, 1.807) is 22.0 Å². The van der Waals surface area contributed by atoms with E-state index in [1.165, 1.54) is 16.6 Å². The molecule has 0 aliphatic heterocycles. The first kappa shape index (κ1) is 17.8. The number of hydrogen-bond acceptors (Lipinski definition) is 6. The number of thioether (sulfide) groups is 1. The first-order valence-electron chi connectivity index (χ1n) is 8.86. The third-order valence-electron chi connectivity index (χ3n) is 4.79. The molecule has 0 fully saturated rings. The normalized spacial score (nSPS) is 16.5. The number of hydrogen-bond donors (Lipinski definition) is 0. The number of Topliss-reactive ketones (excluding diaryl/α,β-unsaturated/α-hetero) is 1. The van der Waals surface area contributed by atoms with Gasteiger partial charge in [-0.15, -0.1) is 16.4 Å². The Morgan fingerprint density at radius 3 is 2.82 bits per heavy atom. The summed E-state index contributed by atoms with van der Waals surface area (Å²) in [5, 5.41) is 7.90. The summed E-state index contributed by atoms with van der Waals surface area (Å²) in [6.07, 6.45) is 3.07. The summed E-state index contributed by atoms with van der Waals surface area (Å²) in [6, 6.07) is 11.9. The Morgan fingerprint density at radius 2 is 2.04 bits per heavy atom. The fourth-order valence-electron chi connectivity index (χ4n) is 3.38. The Balaban J connectivity index is 1.40. The molecule has 3 aromatic heterocycles. The van der Waals surface area contributed by atoms with Gasteiger partial charge in [0.2, 0.25) is 5.16 Å². The number of rotatable bonds is 4. The van der Waals surface area contributed by atoms with E-state index in [2.05, 4.69) is 26.5 Å². The number of carbonyl (C=O) groups excluding carboxylic acids is 1. The molecule has 0 spiro atoms. The average Bonchev–Trinajstić information content (AvgIpc) is 3.35. The summed E-state index contributed by atoms with van der Waals surface area (Å²) in [7, 11) is 0. The molecule has 1 aliphatic rings. The largest absolute Gasteiger partial charge is 0.294 e. The van der Waals surface area contributed by atoms with Crippen LogP contribution in [0.1, 0.15) is 38.8 Å². The van der Waals surface area contributed by atoms with Gasteiger partial charge in [0.25, 0.3) is 5.78 Å². The quantitative estimate of drug-likeness (QED) is 0.427. The summed E-state index contributed by atoms with van der Waals surface area (Å²) < 4.78 is 1.62. The van der Waals surface area contributed by atoms with Gasteiger partial charge in [-0.3, -0.25) is 4.79 Å². The number of halogens is 1. The number of aromatic nitrogens is 4. The first-order valence-corrected chi connectivity index (χ1v) is 11.1. The fraction of sp³-hybridized carbons (Fsp3) is 0.200. The molecule has 1 aliphatic carbocycles. The molecule has 8 heteroatoms. The second kappa shape index (κ2) is 7.31. The zero-order chi connectivity index (χ0) is 19.1. The van der Waals surface area contributed by atoms with E-state index in [4.69, 9.17) is 11.6 Å². The SMILES string of the molecule is O=C1CC(c2cccs2)Cc2nc3nc(SCc4ccc(Cl)cc4)nn3cc21. The van der Waals surface area contributed by atoms with Crippen LogP contribution >= 0.6 is 34.7 Å². The third kappa shape index (κ3) is 3.45. The van der Waals surface area contributed by atoms with Gasteiger partial charge in [-0.05, 0) is 35.6 Å². The zero-order valence-electron chi connectivity index (χ0n) is 14.7. The monoisotopic (exact) mass is 426 g/mol. The van der Waals surface area contributed by atoms with E-state index < -0.39 is 0 Å². The topological polar surface area (TPSA) is 60.2 Å². The minimum Gasteiger partial charge on any atom is -0.294 e. The van der Waals surface area contributed by atoms with Crippen molar-refractivity contribution in [3.63, 3.8) is 0 Å². The zero-order valence-corrected chi connectivity index (χ0v) is 17.1. The lowest BCUT2D eigenvalue weighted by Crippen LogP contribution is -2.20. The number of benzene rings is 1. The maximum Gasteiger partial charge on any atom is 0.253 e. The van der Waals surface area contributed by atoms with Crippen LogP contribution < -0.4 is 0 Å². The number of nitrogens with zero attached hydrogens (tertiary/aromatic N) is 4. The lowest BCUT2D eigenvalue weighted by molar-refractivity contribution is 0.0963. The van der Waals surface area contributed by atoms with Gasteiger partial charge in [-0.1, -0.05) is 41.6 Å². The summed E-state index contributed by atoms with van der Waals surface area (Å²) in [4.78, 5) is 23.1. The summed E-state index contributed by atoms with van der Waals surface area (Å²) >= 11 is 9.16. The Bertz CT molecular complexity index is 1160. The molecular formula is C20H15ClN4OS2. The van der Waals surface area contributed by atoms with Crippen LogP contribution in [0.3, 0.4) is 0 Å². The van der Waals surface area contributed by atoms with E-state index >= 15 is 0 Å². The van der Waals surface area contributed by atoms with Crippen LogP contribution in [0, 0.1) is 0 Å². The average molecular weight is 427 g/mol. The molecule has 3 heterocycles. The highest BCUT2D eigenvalue weighted by Gasteiger charge is 2.29. The van der Waals surface area contributed by atoms with E-state index in [0.717, 1.165) is 28.5 Å². The molecule has 5 rings (SSSR count). The molecule has 0 saturated heterocycles. The lowest BCUT2D eigenvalue weighted by atomic mass is 9.86. The molecule has 28 heavy (non-hydrogen) atoms. The second-order valence-corrected chi connectivity index (χ2v) is 9.06. The Morgan fingerprint density at radius 1 is 1.18 bits per heavy atom. The van der Waals surface area contributed by atoms with Crippen molar-refractivity contribution in [2.24, 2.45) is 0 Å². The Hall–Kier alpha value is -2.22.